The van der Waals surface area contributed by atoms with E-state index >= 15 is 0 Å². The second-order valence-electron chi connectivity index (χ2n) is 2.68. The largest absolute Gasteiger partial charge is 0.293 e. The van der Waals surface area contributed by atoms with Crippen molar-refractivity contribution < 1.29 is 0 Å². The summed E-state index contributed by atoms with van der Waals surface area (Å²) in [5.41, 5.74) is 8.19. The molecule has 0 aliphatic rings. The molecule has 0 saturated carbocycles. The van der Waals surface area contributed by atoms with Crippen molar-refractivity contribution in [3.05, 3.63) is 29.3 Å². The molecule has 4 heteroatoms. The number of nitrogens with zero attached hydrogens (tertiary/aromatic N) is 1. The summed E-state index contributed by atoms with van der Waals surface area (Å²) in [6.07, 6.45) is 0.495. The van der Waals surface area contributed by atoms with E-state index in [2.05, 4.69) is 4.98 Å². The van der Waals surface area contributed by atoms with Crippen LogP contribution in [0.25, 0.3) is 10.2 Å². The van der Waals surface area contributed by atoms with Crippen LogP contribution in [0.15, 0.2) is 24.3 Å². The molecule has 0 aliphatic carbocycles. The highest BCUT2D eigenvalue weighted by Gasteiger charge is 2.03. The van der Waals surface area contributed by atoms with E-state index in [1.807, 2.05) is 24.3 Å². The fourth-order valence-corrected chi connectivity index (χ4v) is 2.34. The molecule has 1 aromatic carbocycles. The maximum absolute atomic E-state index is 7.19. The quantitative estimate of drug-likeness (QED) is 0.709. The molecule has 0 saturated heterocycles. The Labute approximate surface area is 85.4 Å². The number of aromatic nitrogens is 1. The molecule has 0 bridgehead atoms. The molecule has 0 spiro atoms. The third-order valence-electron chi connectivity index (χ3n) is 1.65. The van der Waals surface area contributed by atoms with Crippen molar-refractivity contribution >= 4 is 38.8 Å². The molecule has 2 aromatic rings. The first-order valence-electron chi connectivity index (χ1n) is 3.84. The zero-order chi connectivity index (χ0) is 9.26. The Morgan fingerprint density at radius 3 is 2.92 bits per heavy atom. The molecule has 1 radical (unpaired) electrons. The zero-order valence-electron chi connectivity index (χ0n) is 6.78. The lowest BCUT2D eigenvalue weighted by molar-refractivity contribution is 1.25. The van der Waals surface area contributed by atoms with Crippen LogP contribution in [0.4, 0.5) is 0 Å². The van der Waals surface area contributed by atoms with Gasteiger partial charge >= 0.3 is 0 Å². The predicted octanol–water partition coefficient (Wildman–Crippen LogP) is 2.45. The highest BCUT2D eigenvalue weighted by Crippen LogP contribution is 2.21. The lowest BCUT2D eigenvalue weighted by atomic mass is 10.3. The van der Waals surface area contributed by atoms with Gasteiger partial charge in [-0.15, -0.1) is 11.3 Å². The van der Waals surface area contributed by atoms with Crippen LogP contribution in [0.2, 0.25) is 0 Å². The summed E-state index contributed by atoms with van der Waals surface area (Å²) in [7, 11) is 0. The van der Waals surface area contributed by atoms with E-state index in [0.29, 0.717) is 6.42 Å². The van der Waals surface area contributed by atoms with Gasteiger partial charge in [-0.25, -0.2) is 4.98 Å². The first-order valence-corrected chi connectivity index (χ1v) is 5.07. The molecule has 65 valence electrons. The number of nitrogens with one attached hydrogen (secondary N) is 1. The molecule has 2 nitrogen and oxygen atoms in total. The van der Waals surface area contributed by atoms with Crippen molar-refractivity contribution in [2.75, 3.05) is 0 Å². The van der Waals surface area contributed by atoms with Crippen LogP contribution in [0.3, 0.4) is 0 Å². The smallest absolute Gasteiger partial charge is 0.101 e. The van der Waals surface area contributed by atoms with Crippen LogP contribution >= 0.6 is 23.6 Å². The molecular formula is C9H7N2S2. The Kier molecular flexibility index (Phi) is 2.24. The Bertz CT molecular complexity index is 415. The molecule has 1 aromatic heterocycles. The van der Waals surface area contributed by atoms with E-state index in [4.69, 9.17) is 18.0 Å². The average Bonchev–Trinajstić information content (AvgIpc) is 2.44. The zero-order valence-corrected chi connectivity index (χ0v) is 8.41. The average molecular weight is 207 g/mol. The standard InChI is InChI=1S/C9H7N2S2/c10-8(12)5-9-11-6-3-1-2-4-7(6)13-9/h1-4,10H,5H2. The van der Waals surface area contributed by atoms with Crippen LogP contribution in [0, 0.1) is 0 Å². The van der Waals surface area contributed by atoms with Gasteiger partial charge in [-0.05, 0) is 12.1 Å². The number of hydrogen-bond acceptors (Lipinski definition) is 3. The lowest BCUT2D eigenvalue weighted by Gasteiger charge is -1.87. The van der Waals surface area contributed by atoms with Crippen molar-refractivity contribution in [2.24, 2.45) is 0 Å². The Morgan fingerprint density at radius 2 is 2.23 bits per heavy atom. The Balaban J connectivity index is 2.44. The molecule has 0 atom stereocenters. The molecule has 0 unspecified atom stereocenters. The van der Waals surface area contributed by atoms with E-state index in [1.54, 1.807) is 11.3 Å². The third kappa shape index (κ3) is 1.84. The van der Waals surface area contributed by atoms with Crippen LogP contribution < -0.4 is 5.73 Å². The first kappa shape index (κ1) is 8.59. The summed E-state index contributed by atoms with van der Waals surface area (Å²) in [4.78, 5) is 4.61. The summed E-state index contributed by atoms with van der Waals surface area (Å²) >= 11 is 6.32. The van der Waals surface area contributed by atoms with E-state index < -0.39 is 0 Å². The number of benzene rings is 1. The maximum Gasteiger partial charge on any atom is 0.101 e. The minimum absolute atomic E-state index is 0.249. The number of hydrogen-bond donors (Lipinski definition) is 0. The van der Waals surface area contributed by atoms with E-state index in [0.717, 1.165) is 15.2 Å². The van der Waals surface area contributed by atoms with Gasteiger partial charge in [-0.3, -0.25) is 5.73 Å². The van der Waals surface area contributed by atoms with Gasteiger partial charge in [0.2, 0.25) is 0 Å². The van der Waals surface area contributed by atoms with Gasteiger partial charge in [0.05, 0.1) is 16.6 Å². The Hall–Kier alpha value is -1.00. The number of thiazole rings is 1. The van der Waals surface area contributed by atoms with Crippen molar-refractivity contribution in [3.63, 3.8) is 0 Å². The van der Waals surface area contributed by atoms with E-state index in [-0.39, 0.29) is 4.99 Å². The van der Waals surface area contributed by atoms with Gasteiger partial charge in [-0.2, -0.15) is 0 Å². The summed E-state index contributed by atoms with van der Waals surface area (Å²) in [6.45, 7) is 0. The minimum Gasteiger partial charge on any atom is -0.293 e. The molecule has 13 heavy (non-hydrogen) atoms. The highest BCUT2D eigenvalue weighted by atomic mass is 32.1. The first-order chi connectivity index (χ1) is 6.25. The summed E-state index contributed by atoms with van der Waals surface area (Å²) < 4.78 is 1.16. The van der Waals surface area contributed by atoms with Crippen LogP contribution in [0.5, 0.6) is 0 Å². The topological polar surface area (TPSA) is 36.7 Å². The van der Waals surface area contributed by atoms with Crippen LogP contribution in [-0.4, -0.2) is 9.97 Å². The van der Waals surface area contributed by atoms with Gasteiger partial charge in [0.25, 0.3) is 0 Å². The van der Waals surface area contributed by atoms with Crippen molar-refractivity contribution in [3.8, 4) is 0 Å². The predicted molar refractivity (Wildman–Crippen MR) is 59.0 cm³/mol. The number of fused-ring (bicyclic) bond motifs is 1. The summed E-state index contributed by atoms with van der Waals surface area (Å²) in [6, 6.07) is 7.96. The normalized spacial score (nSPS) is 10.5. The SMILES string of the molecule is [NH]C(=S)Cc1nc2ccccc2s1. The van der Waals surface area contributed by atoms with Gasteiger partial charge < -0.3 is 0 Å². The fraction of sp³-hybridized carbons (Fsp3) is 0.111. The monoisotopic (exact) mass is 207 g/mol. The van der Waals surface area contributed by atoms with Crippen molar-refractivity contribution in [1.82, 2.24) is 10.7 Å². The van der Waals surface area contributed by atoms with E-state index in [9.17, 15) is 0 Å². The molecular weight excluding hydrogens is 200 g/mol. The lowest BCUT2D eigenvalue weighted by Crippen LogP contribution is -1.98. The molecule has 0 amide bonds. The van der Waals surface area contributed by atoms with Crippen LogP contribution in [-0.2, 0) is 6.42 Å². The van der Waals surface area contributed by atoms with Gasteiger partial charge in [0, 0.05) is 0 Å². The summed E-state index contributed by atoms with van der Waals surface area (Å²) in [5, 5.41) is 0.932. The molecule has 2 rings (SSSR count). The molecule has 0 fully saturated rings. The minimum atomic E-state index is 0.249. The van der Waals surface area contributed by atoms with Crippen molar-refractivity contribution in [2.45, 2.75) is 6.42 Å². The molecule has 1 heterocycles. The fourth-order valence-electron chi connectivity index (χ4n) is 1.13. The van der Waals surface area contributed by atoms with Gasteiger partial charge in [0.15, 0.2) is 0 Å². The van der Waals surface area contributed by atoms with Crippen molar-refractivity contribution in [1.29, 1.82) is 0 Å². The van der Waals surface area contributed by atoms with E-state index in [1.165, 1.54) is 0 Å². The number of rotatable bonds is 2. The maximum atomic E-state index is 7.19. The highest BCUT2D eigenvalue weighted by molar-refractivity contribution is 7.80. The Morgan fingerprint density at radius 1 is 1.46 bits per heavy atom. The molecule has 0 aliphatic heterocycles. The van der Waals surface area contributed by atoms with Gasteiger partial charge in [0.1, 0.15) is 10.00 Å². The number of thiocarbonyl (C=S) groups is 1. The van der Waals surface area contributed by atoms with Gasteiger partial charge in [-0.1, -0.05) is 24.4 Å². The van der Waals surface area contributed by atoms with Crippen LogP contribution in [0.1, 0.15) is 5.01 Å². The second kappa shape index (κ2) is 3.40. The number of para-hydroxylation sites is 1. The molecule has 1 N–H and O–H groups in total. The summed E-state index contributed by atoms with van der Waals surface area (Å²) in [5.74, 6) is 0. The third-order valence-corrected chi connectivity index (χ3v) is 2.83. The second-order valence-corrected chi connectivity index (χ2v) is 4.28.